The standard InChI is InChI=1S/C9H20O3S/c1-9(2,3)13-12-7-8(6-11)4-5-10/h8,10-11H,4-7H2,1-3H3. The van der Waals surface area contributed by atoms with Gasteiger partial charge in [-0.25, -0.2) is 0 Å². The SMILES string of the molecule is CC(C)(C)SOCC(CO)CCO. The molecule has 0 aliphatic rings. The van der Waals surface area contributed by atoms with Gasteiger partial charge in [0.1, 0.15) is 0 Å². The molecular formula is C9H20O3S. The Kier molecular flexibility index (Phi) is 6.77. The molecule has 0 rings (SSSR count). The van der Waals surface area contributed by atoms with E-state index < -0.39 is 0 Å². The Morgan fingerprint density at radius 3 is 2.31 bits per heavy atom. The summed E-state index contributed by atoms with van der Waals surface area (Å²) in [6, 6.07) is 0. The van der Waals surface area contributed by atoms with E-state index in [1.165, 1.54) is 12.0 Å². The summed E-state index contributed by atoms with van der Waals surface area (Å²) in [6.45, 7) is 6.88. The molecule has 13 heavy (non-hydrogen) atoms. The minimum atomic E-state index is 0.0554. The van der Waals surface area contributed by atoms with E-state index in [-0.39, 0.29) is 23.9 Å². The van der Waals surface area contributed by atoms with Gasteiger partial charge in [-0.05, 0) is 39.2 Å². The quantitative estimate of drug-likeness (QED) is 0.649. The summed E-state index contributed by atoms with van der Waals surface area (Å²) in [5.41, 5.74) is 0. The van der Waals surface area contributed by atoms with Crippen LogP contribution >= 0.6 is 12.0 Å². The van der Waals surface area contributed by atoms with Crippen LogP contribution in [-0.2, 0) is 4.18 Å². The fourth-order valence-electron chi connectivity index (χ4n) is 0.717. The van der Waals surface area contributed by atoms with Crippen molar-refractivity contribution in [1.82, 2.24) is 0 Å². The molecule has 0 bridgehead atoms. The Morgan fingerprint density at radius 2 is 1.92 bits per heavy atom. The van der Waals surface area contributed by atoms with Crippen LogP contribution in [0.1, 0.15) is 27.2 Å². The molecule has 1 atom stereocenters. The molecule has 0 aliphatic carbocycles. The van der Waals surface area contributed by atoms with Crippen molar-refractivity contribution in [2.75, 3.05) is 19.8 Å². The molecular weight excluding hydrogens is 188 g/mol. The Balaban J connectivity index is 3.49. The smallest absolute Gasteiger partial charge is 0.0665 e. The van der Waals surface area contributed by atoms with Crippen molar-refractivity contribution in [1.29, 1.82) is 0 Å². The second-order valence-corrected chi connectivity index (χ2v) is 5.67. The second-order valence-electron chi connectivity index (χ2n) is 4.04. The third-order valence-electron chi connectivity index (χ3n) is 1.41. The van der Waals surface area contributed by atoms with E-state index in [0.29, 0.717) is 13.0 Å². The lowest BCUT2D eigenvalue weighted by Crippen LogP contribution is -2.16. The summed E-state index contributed by atoms with van der Waals surface area (Å²) in [4.78, 5) is 0. The van der Waals surface area contributed by atoms with Gasteiger partial charge >= 0.3 is 0 Å². The molecule has 0 amide bonds. The summed E-state index contributed by atoms with van der Waals surface area (Å²) >= 11 is 1.41. The van der Waals surface area contributed by atoms with Gasteiger partial charge in [-0.1, -0.05) is 0 Å². The first-order valence-corrected chi connectivity index (χ1v) is 5.26. The third-order valence-corrected chi connectivity index (χ3v) is 2.16. The third kappa shape index (κ3) is 8.56. The molecule has 4 heteroatoms. The van der Waals surface area contributed by atoms with Crippen molar-refractivity contribution in [3.05, 3.63) is 0 Å². The van der Waals surface area contributed by atoms with Crippen LogP contribution in [0.4, 0.5) is 0 Å². The molecule has 0 aromatic heterocycles. The highest BCUT2D eigenvalue weighted by Gasteiger charge is 2.13. The molecule has 0 aliphatic heterocycles. The van der Waals surface area contributed by atoms with Crippen LogP contribution in [0, 0.1) is 5.92 Å². The van der Waals surface area contributed by atoms with Crippen LogP contribution in [-0.4, -0.2) is 34.8 Å². The van der Waals surface area contributed by atoms with Crippen molar-refractivity contribution in [3.63, 3.8) is 0 Å². The normalized spacial score (nSPS) is 14.5. The fraction of sp³-hybridized carbons (Fsp3) is 1.00. The molecule has 0 heterocycles. The summed E-state index contributed by atoms with van der Waals surface area (Å²) < 4.78 is 5.43. The highest BCUT2D eigenvalue weighted by atomic mass is 32.2. The predicted molar refractivity (Wildman–Crippen MR) is 55.6 cm³/mol. The van der Waals surface area contributed by atoms with Crippen LogP contribution in [0.25, 0.3) is 0 Å². The van der Waals surface area contributed by atoms with Crippen molar-refractivity contribution >= 4 is 12.0 Å². The molecule has 0 fully saturated rings. The van der Waals surface area contributed by atoms with Crippen LogP contribution < -0.4 is 0 Å². The lowest BCUT2D eigenvalue weighted by atomic mass is 10.1. The lowest BCUT2D eigenvalue weighted by Gasteiger charge is -2.18. The first kappa shape index (κ1) is 13.2. The summed E-state index contributed by atoms with van der Waals surface area (Å²) in [5.74, 6) is 0.0554. The Labute approximate surface area is 84.7 Å². The number of aliphatic hydroxyl groups excluding tert-OH is 2. The van der Waals surface area contributed by atoms with Crippen molar-refractivity contribution in [3.8, 4) is 0 Å². The highest BCUT2D eigenvalue weighted by Crippen LogP contribution is 2.24. The number of hydrogen-bond acceptors (Lipinski definition) is 4. The Hall–Kier alpha value is 0.230. The molecule has 80 valence electrons. The summed E-state index contributed by atoms with van der Waals surface area (Å²) in [7, 11) is 0. The van der Waals surface area contributed by atoms with E-state index in [0.717, 1.165) is 0 Å². The molecule has 0 saturated carbocycles. The zero-order valence-electron chi connectivity index (χ0n) is 8.62. The summed E-state index contributed by atoms with van der Waals surface area (Å²) in [6.07, 6.45) is 0.598. The van der Waals surface area contributed by atoms with Gasteiger partial charge in [0, 0.05) is 23.9 Å². The maximum atomic E-state index is 8.89. The fourth-order valence-corrected chi connectivity index (χ4v) is 1.33. The van der Waals surface area contributed by atoms with Crippen LogP contribution in [0.2, 0.25) is 0 Å². The lowest BCUT2D eigenvalue weighted by molar-refractivity contribution is 0.143. The molecule has 1 unspecified atom stereocenters. The van der Waals surface area contributed by atoms with Gasteiger partial charge in [0.15, 0.2) is 0 Å². The minimum absolute atomic E-state index is 0.0554. The van der Waals surface area contributed by atoms with Gasteiger partial charge in [0.25, 0.3) is 0 Å². The molecule has 3 nitrogen and oxygen atoms in total. The topological polar surface area (TPSA) is 49.7 Å². The van der Waals surface area contributed by atoms with Gasteiger partial charge in [0.2, 0.25) is 0 Å². The molecule has 0 saturated heterocycles. The van der Waals surface area contributed by atoms with Crippen LogP contribution in [0.15, 0.2) is 0 Å². The Bertz CT molecular complexity index is 123. The zero-order chi connectivity index (χ0) is 10.3. The Morgan fingerprint density at radius 1 is 1.31 bits per heavy atom. The van der Waals surface area contributed by atoms with Gasteiger partial charge in [0.05, 0.1) is 6.61 Å². The second kappa shape index (κ2) is 6.65. The van der Waals surface area contributed by atoms with Gasteiger partial charge < -0.3 is 14.4 Å². The molecule has 0 spiro atoms. The largest absolute Gasteiger partial charge is 0.396 e. The van der Waals surface area contributed by atoms with Crippen molar-refractivity contribution in [2.24, 2.45) is 5.92 Å². The highest BCUT2D eigenvalue weighted by molar-refractivity contribution is 7.96. The first-order valence-electron chi connectivity index (χ1n) is 4.52. The first-order chi connectivity index (χ1) is 5.99. The van der Waals surface area contributed by atoms with Gasteiger partial charge in [-0.3, -0.25) is 0 Å². The molecule has 2 N–H and O–H groups in total. The van der Waals surface area contributed by atoms with Crippen molar-refractivity contribution in [2.45, 2.75) is 31.9 Å². The van der Waals surface area contributed by atoms with Gasteiger partial charge in [-0.15, -0.1) is 0 Å². The molecule has 0 aromatic rings. The number of hydrogen-bond donors (Lipinski definition) is 2. The van der Waals surface area contributed by atoms with Crippen LogP contribution in [0.3, 0.4) is 0 Å². The van der Waals surface area contributed by atoms with E-state index in [2.05, 4.69) is 20.8 Å². The predicted octanol–water partition coefficient (Wildman–Crippen LogP) is 1.44. The van der Waals surface area contributed by atoms with Crippen molar-refractivity contribution < 1.29 is 14.4 Å². The van der Waals surface area contributed by atoms with E-state index >= 15 is 0 Å². The number of aliphatic hydroxyl groups is 2. The minimum Gasteiger partial charge on any atom is -0.396 e. The van der Waals surface area contributed by atoms with E-state index in [1.54, 1.807) is 0 Å². The van der Waals surface area contributed by atoms with Crippen LogP contribution in [0.5, 0.6) is 0 Å². The van der Waals surface area contributed by atoms with E-state index in [9.17, 15) is 0 Å². The number of rotatable bonds is 6. The zero-order valence-corrected chi connectivity index (χ0v) is 9.43. The monoisotopic (exact) mass is 208 g/mol. The van der Waals surface area contributed by atoms with Gasteiger partial charge in [-0.2, -0.15) is 0 Å². The average Bonchev–Trinajstić information content (AvgIpc) is 2.01. The van der Waals surface area contributed by atoms with E-state index in [1.807, 2.05) is 0 Å². The maximum Gasteiger partial charge on any atom is 0.0665 e. The summed E-state index contributed by atoms with van der Waals surface area (Å²) in [5, 5.41) is 17.5. The average molecular weight is 208 g/mol. The van der Waals surface area contributed by atoms with E-state index in [4.69, 9.17) is 14.4 Å². The molecule has 0 radical (unpaired) electrons. The maximum absolute atomic E-state index is 8.89. The molecule has 0 aromatic carbocycles.